The van der Waals surface area contributed by atoms with Crippen LogP contribution in [0.5, 0.6) is 0 Å². The molecule has 0 saturated carbocycles. The van der Waals surface area contributed by atoms with Gasteiger partial charge in [0, 0.05) is 37.6 Å². The van der Waals surface area contributed by atoms with Crippen LogP contribution in [0.2, 0.25) is 0 Å². The lowest BCUT2D eigenvalue weighted by Gasteiger charge is -2.17. The number of nitrogens with one attached hydrogen (secondary N) is 1. The summed E-state index contributed by atoms with van der Waals surface area (Å²) in [6.45, 7) is 2.79. The molecule has 3 heterocycles. The van der Waals surface area contributed by atoms with Crippen molar-refractivity contribution in [1.82, 2.24) is 14.9 Å². The van der Waals surface area contributed by atoms with E-state index in [9.17, 15) is 14.9 Å². The third-order valence-electron chi connectivity index (χ3n) is 3.90. The fourth-order valence-corrected chi connectivity index (χ4v) is 2.71. The number of hydrogen-bond donors (Lipinski definition) is 1. The Morgan fingerprint density at radius 2 is 2.25 bits per heavy atom. The average molecular weight is 327 g/mol. The lowest BCUT2D eigenvalue weighted by molar-refractivity contribution is -0.384. The Morgan fingerprint density at radius 1 is 1.42 bits per heavy atom. The number of carbonyl (C=O) groups excluding carboxylic acids is 1. The fraction of sp³-hybridized carbons (Fsp3) is 0.312. The minimum Gasteiger partial charge on any atom is -0.360 e. The summed E-state index contributed by atoms with van der Waals surface area (Å²) in [4.78, 5) is 33.0. The maximum atomic E-state index is 12.4. The molecule has 1 N–H and O–H groups in total. The molecule has 1 aliphatic rings. The topological polar surface area (TPSA) is 101 Å². The Morgan fingerprint density at radius 3 is 2.96 bits per heavy atom. The van der Waals surface area contributed by atoms with Gasteiger partial charge in [-0.25, -0.2) is 4.98 Å². The molecule has 1 unspecified atom stereocenters. The molecule has 1 aliphatic heterocycles. The number of pyridine rings is 2. The number of nitro groups is 1. The molecule has 2 aromatic rings. The van der Waals surface area contributed by atoms with Crippen molar-refractivity contribution in [2.75, 3.05) is 18.4 Å². The van der Waals surface area contributed by atoms with E-state index in [1.165, 1.54) is 6.07 Å². The molecule has 0 aromatic carbocycles. The number of hydrogen-bond acceptors (Lipinski definition) is 6. The van der Waals surface area contributed by atoms with Crippen molar-refractivity contribution < 1.29 is 9.72 Å². The number of amides is 1. The van der Waals surface area contributed by atoms with E-state index in [1.807, 2.05) is 0 Å². The first-order chi connectivity index (χ1) is 11.5. The molecule has 0 spiro atoms. The van der Waals surface area contributed by atoms with Gasteiger partial charge in [0.25, 0.3) is 5.91 Å². The molecular formula is C16H17N5O3. The predicted molar refractivity (Wildman–Crippen MR) is 87.8 cm³/mol. The maximum absolute atomic E-state index is 12.4. The molecular weight excluding hydrogens is 310 g/mol. The van der Waals surface area contributed by atoms with E-state index >= 15 is 0 Å². The van der Waals surface area contributed by atoms with Crippen LogP contribution in [0.15, 0.2) is 36.7 Å². The van der Waals surface area contributed by atoms with E-state index in [0.717, 1.165) is 5.56 Å². The second-order valence-corrected chi connectivity index (χ2v) is 5.73. The van der Waals surface area contributed by atoms with Crippen LogP contribution in [0.25, 0.3) is 0 Å². The molecule has 8 heteroatoms. The van der Waals surface area contributed by atoms with Crippen molar-refractivity contribution in [2.24, 2.45) is 0 Å². The highest BCUT2D eigenvalue weighted by Gasteiger charge is 2.29. The summed E-state index contributed by atoms with van der Waals surface area (Å²) in [5.74, 6) is 0.106. The van der Waals surface area contributed by atoms with Crippen molar-refractivity contribution in [3.63, 3.8) is 0 Å². The number of likely N-dealkylation sites (tertiary alicyclic amines) is 1. The largest absolute Gasteiger partial charge is 0.360 e. The van der Waals surface area contributed by atoms with Crippen LogP contribution in [0.4, 0.5) is 11.5 Å². The van der Waals surface area contributed by atoms with Crippen LogP contribution < -0.4 is 5.32 Å². The number of nitrogens with zero attached hydrogens (tertiary/aromatic N) is 4. The highest BCUT2D eigenvalue weighted by atomic mass is 16.6. The van der Waals surface area contributed by atoms with Crippen LogP contribution in [-0.2, 0) is 0 Å². The standard InChI is InChI=1S/C16H17N5O3/c1-11-8-14(21(23)24)15(18-9-11)19-12-5-7-20(10-12)16(22)13-4-2-3-6-17-13/h2-4,6,8-9,12H,5,7,10H2,1H3,(H,18,19). The molecule has 8 nitrogen and oxygen atoms in total. The molecule has 0 radical (unpaired) electrons. The first kappa shape index (κ1) is 15.9. The van der Waals surface area contributed by atoms with E-state index in [2.05, 4.69) is 15.3 Å². The molecule has 1 amide bonds. The lowest BCUT2D eigenvalue weighted by atomic mass is 10.2. The summed E-state index contributed by atoms with van der Waals surface area (Å²) in [6.07, 6.45) is 3.87. The third-order valence-corrected chi connectivity index (χ3v) is 3.90. The van der Waals surface area contributed by atoms with E-state index in [1.54, 1.807) is 42.4 Å². The van der Waals surface area contributed by atoms with Gasteiger partial charge in [0.2, 0.25) is 5.82 Å². The van der Waals surface area contributed by atoms with Crippen LogP contribution in [-0.4, -0.2) is 44.8 Å². The second kappa shape index (κ2) is 6.61. The smallest absolute Gasteiger partial charge is 0.311 e. The zero-order valence-electron chi connectivity index (χ0n) is 13.2. The van der Waals surface area contributed by atoms with Gasteiger partial charge in [-0.3, -0.25) is 19.9 Å². The average Bonchev–Trinajstić information content (AvgIpc) is 3.05. The first-order valence-corrected chi connectivity index (χ1v) is 7.62. The quantitative estimate of drug-likeness (QED) is 0.681. The summed E-state index contributed by atoms with van der Waals surface area (Å²) < 4.78 is 0. The fourth-order valence-electron chi connectivity index (χ4n) is 2.71. The molecule has 1 atom stereocenters. The first-order valence-electron chi connectivity index (χ1n) is 7.62. The van der Waals surface area contributed by atoms with Gasteiger partial charge in [-0.2, -0.15) is 0 Å². The highest BCUT2D eigenvalue weighted by molar-refractivity contribution is 5.92. The second-order valence-electron chi connectivity index (χ2n) is 5.73. The number of aromatic nitrogens is 2. The van der Waals surface area contributed by atoms with Gasteiger partial charge in [-0.15, -0.1) is 0 Å². The van der Waals surface area contributed by atoms with Gasteiger partial charge in [0.1, 0.15) is 5.69 Å². The highest BCUT2D eigenvalue weighted by Crippen LogP contribution is 2.25. The van der Waals surface area contributed by atoms with Crippen LogP contribution in [0, 0.1) is 17.0 Å². The lowest BCUT2D eigenvalue weighted by Crippen LogP contribution is -2.32. The van der Waals surface area contributed by atoms with Crippen LogP contribution in [0.3, 0.4) is 0 Å². The van der Waals surface area contributed by atoms with Gasteiger partial charge in [0.15, 0.2) is 0 Å². The Labute approximate surface area is 138 Å². The molecule has 124 valence electrons. The van der Waals surface area contributed by atoms with Gasteiger partial charge in [0.05, 0.1) is 4.92 Å². The maximum Gasteiger partial charge on any atom is 0.311 e. The molecule has 1 fully saturated rings. The zero-order valence-corrected chi connectivity index (χ0v) is 13.2. The van der Waals surface area contributed by atoms with Crippen molar-refractivity contribution in [3.05, 3.63) is 58.0 Å². The van der Waals surface area contributed by atoms with E-state index in [-0.39, 0.29) is 23.5 Å². The van der Waals surface area contributed by atoms with Crippen LogP contribution >= 0.6 is 0 Å². The summed E-state index contributed by atoms with van der Waals surface area (Å²) in [5.41, 5.74) is 1.08. The molecule has 0 aliphatic carbocycles. The van der Waals surface area contributed by atoms with E-state index in [4.69, 9.17) is 0 Å². The van der Waals surface area contributed by atoms with Crippen molar-refractivity contribution in [1.29, 1.82) is 0 Å². The molecule has 1 saturated heterocycles. The molecule has 24 heavy (non-hydrogen) atoms. The van der Waals surface area contributed by atoms with Crippen LogP contribution in [0.1, 0.15) is 22.5 Å². The summed E-state index contributed by atoms with van der Waals surface area (Å²) in [7, 11) is 0. The number of carbonyl (C=O) groups is 1. The normalized spacial score (nSPS) is 16.9. The third kappa shape index (κ3) is 3.32. The Kier molecular flexibility index (Phi) is 4.37. The molecule has 3 rings (SSSR count). The Hall–Kier alpha value is -3.03. The predicted octanol–water partition coefficient (Wildman–Crippen LogP) is 2.02. The van der Waals surface area contributed by atoms with Crippen molar-refractivity contribution in [2.45, 2.75) is 19.4 Å². The van der Waals surface area contributed by atoms with Gasteiger partial charge < -0.3 is 10.2 Å². The minimum absolute atomic E-state index is 0.0514. The zero-order chi connectivity index (χ0) is 17.1. The summed E-state index contributed by atoms with van der Waals surface area (Å²) in [5, 5.41) is 14.2. The number of anilines is 1. The van der Waals surface area contributed by atoms with Gasteiger partial charge in [-0.1, -0.05) is 6.07 Å². The number of aryl methyl sites for hydroxylation is 1. The minimum atomic E-state index is -0.450. The van der Waals surface area contributed by atoms with Crippen molar-refractivity contribution >= 4 is 17.4 Å². The monoisotopic (exact) mass is 327 g/mol. The number of rotatable bonds is 4. The molecule has 2 aromatic heterocycles. The molecule has 0 bridgehead atoms. The van der Waals surface area contributed by atoms with Crippen molar-refractivity contribution in [3.8, 4) is 0 Å². The van der Waals surface area contributed by atoms with Gasteiger partial charge >= 0.3 is 5.69 Å². The Bertz CT molecular complexity index is 766. The van der Waals surface area contributed by atoms with Gasteiger partial charge in [-0.05, 0) is 31.0 Å². The van der Waals surface area contributed by atoms with E-state index < -0.39 is 4.92 Å². The Balaban J connectivity index is 1.69. The SMILES string of the molecule is Cc1cnc(NC2CCN(C(=O)c3ccccn3)C2)c([N+](=O)[O-])c1. The van der Waals surface area contributed by atoms with E-state index in [0.29, 0.717) is 25.2 Å². The summed E-state index contributed by atoms with van der Waals surface area (Å²) in [6, 6.07) is 6.61. The summed E-state index contributed by atoms with van der Waals surface area (Å²) >= 11 is 0.